The van der Waals surface area contributed by atoms with Crippen LogP contribution >= 0.6 is 7.82 Å². The number of epoxide rings is 1. The predicted octanol–water partition coefficient (Wildman–Crippen LogP) is 11.6. The van der Waals surface area contributed by atoms with Gasteiger partial charge in [0, 0.05) is 32.2 Å². The summed E-state index contributed by atoms with van der Waals surface area (Å²) in [4.78, 5) is 35.0. The van der Waals surface area contributed by atoms with Crippen LogP contribution < -0.4 is 5.73 Å². The van der Waals surface area contributed by atoms with E-state index in [9.17, 15) is 19.0 Å². The molecule has 0 aromatic carbocycles. The molecule has 2 rings (SSSR count). The minimum absolute atomic E-state index is 0.0369. The molecule has 338 valence electrons. The van der Waals surface area contributed by atoms with Crippen molar-refractivity contribution >= 4 is 19.8 Å². The number of nitrogens with two attached hydrogens (primary N) is 1. The number of phosphoric ester groups is 1. The van der Waals surface area contributed by atoms with Crippen molar-refractivity contribution in [3.8, 4) is 0 Å². The molecule has 1 aromatic heterocycles. The zero-order valence-electron chi connectivity index (χ0n) is 37.1. The van der Waals surface area contributed by atoms with E-state index < -0.39 is 32.5 Å². The molecule has 3 unspecified atom stereocenters. The highest BCUT2D eigenvalue weighted by atomic mass is 31.2. The first-order valence-electron chi connectivity index (χ1n) is 22.9. The molecule has 1 aliphatic rings. The monoisotopic (exact) mass is 850 g/mol. The van der Waals surface area contributed by atoms with Gasteiger partial charge in [0.25, 0.3) is 0 Å². The quantitative estimate of drug-likeness (QED) is 0.0214. The Morgan fingerprint density at radius 3 is 1.95 bits per heavy atom. The number of carbonyl (C=O) groups is 2. The first-order chi connectivity index (χ1) is 28.6. The highest BCUT2D eigenvalue weighted by Crippen LogP contribution is 2.43. The molecule has 0 radical (unpaired) electrons. The molecule has 4 atom stereocenters. The minimum Gasteiger partial charge on any atom is -0.466 e. The van der Waals surface area contributed by atoms with Crippen LogP contribution in [0.15, 0.2) is 40.9 Å². The fourth-order valence-electron chi connectivity index (χ4n) is 6.84. The largest absolute Gasteiger partial charge is 0.472 e. The highest BCUT2D eigenvalue weighted by Gasteiger charge is 2.36. The number of hydrogen-bond acceptors (Lipinski definition) is 10. The van der Waals surface area contributed by atoms with Gasteiger partial charge in [-0.1, -0.05) is 121 Å². The molecule has 0 spiro atoms. The first kappa shape index (κ1) is 52.6. The van der Waals surface area contributed by atoms with Gasteiger partial charge in [0.15, 0.2) is 6.10 Å². The Morgan fingerprint density at radius 2 is 1.29 bits per heavy atom. The summed E-state index contributed by atoms with van der Waals surface area (Å²) >= 11 is 0. The summed E-state index contributed by atoms with van der Waals surface area (Å²) in [6.45, 7) is 7.93. The molecule has 0 amide bonds. The summed E-state index contributed by atoms with van der Waals surface area (Å²) in [5.74, 6) is 1.40. The van der Waals surface area contributed by atoms with E-state index in [0.717, 1.165) is 76.4 Å². The van der Waals surface area contributed by atoms with Crippen molar-refractivity contribution < 1.29 is 46.7 Å². The van der Waals surface area contributed by atoms with Gasteiger partial charge in [-0.3, -0.25) is 18.6 Å². The van der Waals surface area contributed by atoms with Crippen LogP contribution in [0.4, 0.5) is 0 Å². The molecule has 0 bridgehead atoms. The maximum atomic E-state index is 12.7. The summed E-state index contributed by atoms with van der Waals surface area (Å²) in [5.41, 5.74) is 8.00. The number of carbonyl (C=O) groups excluding carboxylic acids is 2. The molecule has 59 heavy (non-hydrogen) atoms. The minimum atomic E-state index is -4.41. The lowest BCUT2D eigenvalue weighted by Crippen LogP contribution is -2.29. The van der Waals surface area contributed by atoms with Crippen molar-refractivity contribution in [3.63, 3.8) is 0 Å². The second-order valence-electron chi connectivity index (χ2n) is 15.9. The van der Waals surface area contributed by atoms with Gasteiger partial charge in [-0.05, 0) is 82.8 Å². The Bertz CT molecular complexity index is 1400. The summed E-state index contributed by atoms with van der Waals surface area (Å²) in [6.07, 6.45) is 36.1. The van der Waals surface area contributed by atoms with Crippen molar-refractivity contribution in [3.05, 3.63) is 59.1 Å². The summed E-state index contributed by atoms with van der Waals surface area (Å²) in [7, 11) is -4.41. The Labute approximate surface area is 356 Å². The Morgan fingerprint density at radius 1 is 0.712 bits per heavy atom. The second kappa shape index (κ2) is 33.1. The van der Waals surface area contributed by atoms with Gasteiger partial charge in [-0.2, -0.15) is 0 Å². The van der Waals surface area contributed by atoms with E-state index in [-0.39, 0.29) is 32.6 Å². The van der Waals surface area contributed by atoms with Crippen LogP contribution in [0.25, 0.3) is 0 Å². The topological polar surface area (TPSA) is 160 Å². The smallest absolute Gasteiger partial charge is 0.466 e. The third-order valence-corrected chi connectivity index (χ3v) is 11.6. The molecule has 1 fully saturated rings. The van der Waals surface area contributed by atoms with E-state index >= 15 is 0 Å². The lowest BCUT2D eigenvalue weighted by molar-refractivity contribution is -0.161. The summed E-state index contributed by atoms with van der Waals surface area (Å²) < 4.78 is 44.8. The standard InChI is InChI=1S/C47H80NO10P/c1-5-7-23-29-42-39(3)40(4)43(57-42)30-25-19-15-13-14-18-22-28-34-47(50)56-41(38-55-59(51,52)54-36-35-48)37-53-46(49)33-27-21-17-12-10-9-11-16-20-26-32-45-44(58-45)31-24-8-6-2/h9,11-12,17,20,26,41,44-45H,5-8,10,13-16,18-19,21-25,27-38,48H2,1-4H3,(H,51,52)/b11-9-,17-12-,26-20-/t41-,44?,45?/m1/s1. The zero-order chi connectivity index (χ0) is 43.0. The SMILES string of the molecule is CCCCCc1oc(CCCCCCCCCCC(=O)O[C@H](COC(=O)CCC/C=C\C/C=C\C/C=C\CC2OC2CCCCC)COP(=O)(O)OCCN)c(C)c1C. The van der Waals surface area contributed by atoms with Crippen LogP contribution in [0.2, 0.25) is 0 Å². The maximum Gasteiger partial charge on any atom is 0.472 e. The molecule has 3 N–H and O–H groups in total. The van der Waals surface area contributed by atoms with Gasteiger partial charge in [0.1, 0.15) is 18.1 Å². The van der Waals surface area contributed by atoms with E-state index in [0.29, 0.717) is 25.0 Å². The molecule has 1 aliphatic heterocycles. The molecule has 0 saturated carbocycles. The normalized spacial score (nSPS) is 17.0. The molecule has 12 heteroatoms. The van der Waals surface area contributed by atoms with Crippen molar-refractivity contribution in [2.75, 3.05) is 26.4 Å². The molecule has 2 heterocycles. The average molecular weight is 850 g/mol. The van der Waals surface area contributed by atoms with E-state index in [1.165, 1.54) is 74.7 Å². The zero-order valence-corrected chi connectivity index (χ0v) is 38.0. The van der Waals surface area contributed by atoms with Gasteiger partial charge in [-0.15, -0.1) is 0 Å². The number of hydrogen-bond donors (Lipinski definition) is 2. The third kappa shape index (κ3) is 26.4. The van der Waals surface area contributed by atoms with E-state index in [2.05, 4.69) is 58.1 Å². The number of ether oxygens (including phenoxy) is 3. The number of furan rings is 1. The average Bonchev–Trinajstić information content (AvgIpc) is 3.92. The molecule has 0 aliphatic carbocycles. The number of phosphoric acid groups is 1. The number of allylic oxidation sites excluding steroid dienone is 5. The van der Waals surface area contributed by atoms with Crippen LogP contribution in [0.1, 0.15) is 178 Å². The van der Waals surface area contributed by atoms with Crippen molar-refractivity contribution in [1.82, 2.24) is 0 Å². The lowest BCUT2D eigenvalue weighted by atomic mass is 10.0. The highest BCUT2D eigenvalue weighted by molar-refractivity contribution is 7.47. The van der Waals surface area contributed by atoms with E-state index in [4.69, 9.17) is 33.4 Å². The first-order valence-corrected chi connectivity index (χ1v) is 24.4. The van der Waals surface area contributed by atoms with Crippen LogP contribution in [-0.2, 0) is 50.3 Å². The van der Waals surface area contributed by atoms with Crippen LogP contribution in [0.5, 0.6) is 0 Å². The lowest BCUT2D eigenvalue weighted by Gasteiger charge is -2.19. The van der Waals surface area contributed by atoms with Crippen molar-refractivity contribution in [2.45, 2.75) is 200 Å². The Hall–Kier alpha value is -2.53. The van der Waals surface area contributed by atoms with Crippen molar-refractivity contribution in [1.29, 1.82) is 0 Å². The molecular formula is C47H80NO10P. The Balaban J connectivity index is 1.58. The number of rotatable bonds is 38. The number of esters is 2. The van der Waals surface area contributed by atoms with Gasteiger partial charge in [0.2, 0.25) is 0 Å². The van der Waals surface area contributed by atoms with Crippen LogP contribution in [0.3, 0.4) is 0 Å². The van der Waals surface area contributed by atoms with Gasteiger partial charge >= 0.3 is 19.8 Å². The predicted molar refractivity (Wildman–Crippen MR) is 236 cm³/mol. The molecule has 1 saturated heterocycles. The van der Waals surface area contributed by atoms with Crippen LogP contribution in [-0.4, -0.2) is 61.5 Å². The fraction of sp³-hybridized carbons (Fsp3) is 0.745. The van der Waals surface area contributed by atoms with Gasteiger partial charge in [-0.25, -0.2) is 4.57 Å². The molecule has 11 nitrogen and oxygen atoms in total. The maximum absolute atomic E-state index is 12.7. The van der Waals surface area contributed by atoms with E-state index in [1.54, 1.807) is 0 Å². The summed E-state index contributed by atoms with van der Waals surface area (Å²) in [6, 6.07) is 0. The summed E-state index contributed by atoms with van der Waals surface area (Å²) in [5, 5.41) is 0. The number of unbranched alkanes of at least 4 members (excludes halogenated alkanes) is 12. The number of aryl methyl sites for hydroxylation is 2. The van der Waals surface area contributed by atoms with Crippen LogP contribution in [0, 0.1) is 13.8 Å². The second-order valence-corrected chi connectivity index (χ2v) is 17.3. The molecule has 1 aromatic rings. The van der Waals surface area contributed by atoms with Crippen molar-refractivity contribution in [2.24, 2.45) is 5.73 Å². The molecular weight excluding hydrogens is 769 g/mol. The van der Waals surface area contributed by atoms with Gasteiger partial charge in [0.05, 0.1) is 25.4 Å². The van der Waals surface area contributed by atoms with Gasteiger partial charge < -0.3 is 29.3 Å². The third-order valence-electron chi connectivity index (χ3n) is 10.7. The van der Waals surface area contributed by atoms with E-state index in [1.807, 2.05) is 6.08 Å². The Kier molecular flexibility index (Phi) is 29.6. The fourth-order valence-corrected chi connectivity index (χ4v) is 7.61.